The molecule has 1 aromatic heterocycles. The monoisotopic (exact) mass is 307 g/mol. The highest BCUT2D eigenvalue weighted by Crippen LogP contribution is 2.40. The zero-order chi connectivity index (χ0) is 14.3. The topological polar surface area (TPSA) is 34.1 Å². The van der Waals surface area contributed by atoms with Gasteiger partial charge in [0, 0.05) is 34.2 Å². The van der Waals surface area contributed by atoms with E-state index in [1.807, 2.05) is 35.7 Å². The Morgan fingerprint density at radius 3 is 2.50 bits per heavy atom. The molecule has 2 nitrogen and oxygen atoms in total. The highest BCUT2D eigenvalue weighted by atomic mass is 32.2. The number of hydrogen-bond acceptors (Lipinski definition) is 2. The summed E-state index contributed by atoms with van der Waals surface area (Å²) in [6.45, 7) is 0. The lowest BCUT2D eigenvalue weighted by atomic mass is 10.3. The Morgan fingerprint density at radius 2 is 1.80 bits per heavy atom. The molecule has 1 unspecified atom stereocenters. The van der Waals surface area contributed by atoms with Gasteiger partial charge in [0.2, 0.25) is 0 Å². The molecule has 1 atom stereocenters. The van der Waals surface area contributed by atoms with Crippen LogP contribution in [0.2, 0.25) is 0 Å². The largest absolute Gasteiger partial charge is 0.224 e. The second kappa shape index (κ2) is 4.68. The lowest BCUT2D eigenvalue weighted by Gasteiger charge is -2.00. The molecule has 0 N–H and O–H groups in total. The third-order valence-electron chi connectivity index (χ3n) is 3.10. The Bertz CT molecular complexity index is 895. The summed E-state index contributed by atoms with van der Waals surface area (Å²) in [4.78, 5) is 0.539. The Morgan fingerprint density at radius 1 is 1.05 bits per heavy atom. The fourth-order valence-corrected chi connectivity index (χ4v) is 4.79. The maximum Gasteiger partial charge on any atom is 0.186 e. The molecule has 3 rings (SSSR count). The summed E-state index contributed by atoms with van der Waals surface area (Å²) in [6, 6.07) is 14.3. The molecular weight excluding hydrogens is 295 g/mol. The van der Waals surface area contributed by atoms with Crippen molar-refractivity contribution in [3.8, 4) is 4.90 Å². The van der Waals surface area contributed by atoms with Crippen LogP contribution in [0.1, 0.15) is 0 Å². The molecule has 5 heteroatoms. The highest BCUT2D eigenvalue weighted by molar-refractivity contribution is 7.90. The fourth-order valence-electron chi connectivity index (χ4n) is 2.16. The summed E-state index contributed by atoms with van der Waals surface area (Å²) in [5.74, 6) is -0.685. The summed E-state index contributed by atoms with van der Waals surface area (Å²) >= 11 is 0. The molecule has 0 spiro atoms. The number of fused-ring (bicyclic) bond motifs is 1. The summed E-state index contributed by atoms with van der Waals surface area (Å²) in [5, 5.41) is 3.16. The minimum Gasteiger partial charge on any atom is -0.224 e. The van der Waals surface area contributed by atoms with Crippen molar-refractivity contribution in [3.05, 3.63) is 59.7 Å². The van der Waals surface area contributed by atoms with Crippen molar-refractivity contribution in [2.24, 2.45) is 0 Å². The van der Waals surface area contributed by atoms with Gasteiger partial charge >= 0.3 is 0 Å². The number of sulfone groups is 1. The molecule has 0 aliphatic carbocycles. The molecule has 0 aliphatic rings. The van der Waals surface area contributed by atoms with E-state index in [0.29, 0.717) is 0 Å². The van der Waals surface area contributed by atoms with Crippen molar-refractivity contribution < 1.29 is 12.8 Å². The van der Waals surface area contributed by atoms with E-state index in [0.717, 1.165) is 21.2 Å². The number of halogens is 1. The van der Waals surface area contributed by atoms with Crippen LogP contribution in [0.15, 0.2) is 58.8 Å². The van der Waals surface area contributed by atoms with E-state index in [2.05, 4.69) is 0 Å². The Labute approximate surface area is 119 Å². The Hall–Kier alpha value is -1.72. The van der Waals surface area contributed by atoms with Crippen molar-refractivity contribution in [1.82, 2.24) is 0 Å². The van der Waals surface area contributed by atoms with Gasteiger partial charge < -0.3 is 0 Å². The molecule has 3 aromatic rings. The summed E-state index contributed by atoms with van der Waals surface area (Å²) in [5.41, 5.74) is 0. The molecule has 2 aromatic carbocycles. The number of benzene rings is 2. The first-order valence-electron chi connectivity index (χ1n) is 5.97. The molecule has 0 amide bonds. The molecule has 0 fully saturated rings. The summed E-state index contributed by atoms with van der Waals surface area (Å²) in [7, 11) is -3.85. The van der Waals surface area contributed by atoms with Gasteiger partial charge in [-0.05, 0) is 24.3 Å². The van der Waals surface area contributed by atoms with Crippen molar-refractivity contribution in [2.75, 3.05) is 6.26 Å². The second-order valence-electron chi connectivity index (χ2n) is 4.54. The summed E-state index contributed by atoms with van der Waals surface area (Å²) in [6.07, 6.45) is 1.01. The summed E-state index contributed by atoms with van der Waals surface area (Å²) < 4.78 is 38.0. The molecule has 102 valence electrons. The first-order valence-corrected chi connectivity index (χ1v) is 9.15. The van der Waals surface area contributed by atoms with E-state index in [4.69, 9.17) is 0 Å². The maximum absolute atomic E-state index is 14.0. The smallest absolute Gasteiger partial charge is 0.186 e. The minimum atomic E-state index is -3.52. The number of thiophene rings is 1. The minimum absolute atomic E-state index is 0.249. The number of hydrogen-bond donors (Lipinski definition) is 0. The van der Waals surface area contributed by atoms with E-state index < -0.39 is 15.7 Å². The van der Waals surface area contributed by atoms with Gasteiger partial charge in [0.15, 0.2) is 19.4 Å². The van der Waals surface area contributed by atoms with E-state index in [1.165, 1.54) is 12.1 Å². The van der Waals surface area contributed by atoms with Gasteiger partial charge in [-0.1, -0.05) is 12.1 Å². The van der Waals surface area contributed by atoms with Gasteiger partial charge in [-0.25, -0.2) is 12.8 Å². The standard InChI is InChI=1S/C15H12FO2S2/c1-20(17,18)15-7-6-12(10-13(15)16)19-9-8-11-4-2-3-5-14(11)19/h2-10H,1H3/q+1. The van der Waals surface area contributed by atoms with Crippen LogP contribution in [0, 0.1) is 5.82 Å². The lowest BCUT2D eigenvalue weighted by Crippen LogP contribution is -2.00. The lowest BCUT2D eigenvalue weighted by molar-refractivity contribution is 0.571. The SMILES string of the molecule is CS(=O)(=O)c1ccc(-[s+]2ccc3ccccc32)cc1F. The molecule has 1 heterocycles. The number of rotatable bonds is 2. The van der Waals surface area contributed by atoms with Gasteiger partial charge in [-0.15, -0.1) is 0 Å². The molecule has 0 saturated carbocycles. The first-order chi connectivity index (χ1) is 9.47. The van der Waals surface area contributed by atoms with Gasteiger partial charge in [0.1, 0.15) is 16.1 Å². The highest BCUT2D eigenvalue weighted by Gasteiger charge is 2.20. The van der Waals surface area contributed by atoms with Crippen LogP contribution in [0.25, 0.3) is 15.0 Å². The predicted molar refractivity (Wildman–Crippen MR) is 80.8 cm³/mol. The quantitative estimate of drug-likeness (QED) is 0.667. The van der Waals surface area contributed by atoms with Crippen LogP contribution in [-0.2, 0) is 9.84 Å². The molecular formula is C15H12FO2S2+. The van der Waals surface area contributed by atoms with Crippen molar-refractivity contribution in [2.45, 2.75) is 4.90 Å². The van der Waals surface area contributed by atoms with Gasteiger partial charge in [-0.3, -0.25) is 0 Å². The third kappa shape index (κ3) is 2.23. The maximum atomic E-state index is 14.0. The first kappa shape index (κ1) is 13.3. The Balaban J connectivity index is 2.19. The van der Waals surface area contributed by atoms with Crippen LogP contribution >= 0.6 is 10.5 Å². The van der Waals surface area contributed by atoms with E-state index in [-0.39, 0.29) is 15.4 Å². The zero-order valence-corrected chi connectivity index (χ0v) is 12.3. The normalized spacial score (nSPS) is 12.8. The average molecular weight is 307 g/mol. The van der Waals surface area contributed by atoms with E-state index in [1.54, 1.807) is 6.07 Å². The molecule has 0 aliphatic heterocycles. The molecule has 0 saturated heterocycles. The van der Waals surface area contributed by atoms with Crippen molar-refractivity contribution in [3.63, 3.8) is 0 Å². The van der Waals surface area contributed by atoms with Crippen LogP contribution in [-0.4, -0.2) is 14.7 Å². The predicted octanol–water partition coefficient (Wildman–Crippen LogP) is 4.12. The fraction of sp³-hybridized carbons (Fsp3) is 0.0667. The van der Waals surface area contributed by atoms with E-state index >= 15 is 0 Å². The average Bonchev–Trinajstić information content (AvgIpc) is 2.80. The van der Waals surface area contributed by atoms with Crippen LogP contribution in [0.5, 0.6) is 0 Å². The Kier molecular flexibility index (Phi) is 3.11. The van der Waals surface area contributed by atoms with Gasteiger partial charge in [-0.2, -0.15) is 0 Å². The van der Waals surface area contributed by atoms with Gasteiger partial charge in [0.25, 0.3) is 0 Å². The van der Waals surface area contributed by atoms with Gasteiger partial charge in [0.05, 0.1) is 0 Å². The molecule has 0 radical (unpaired) electrons. The van der Waals surface area contributed by atoms with Crippen LogP contribution in [0.4, 0.5) is 4.39 Å². The van der Waals surface area contributed by atoms with Crippen molar-refractivity contribution >= 4 is 30.4 Å². The van der Waals surface area contributed by atoms with Crippen LogP contribution in [0.3, 0.4) is 0 Å². The molecule has 0 bridgehead atoms. The zero-order valence-electron chi connectivity index (χ0n) is 10.7. The second-order valence-corrected chi connectivity index (χ2v) is 8.39. The van der Waals surface area contributed by atoms with E-state index in [9.17, 15) is 12.8 Å². The van der Waals surface area contributed by atoms with Crippen LogP contribution < -0.4 is 0 Å². The van der Waals surface area contributed by atoms with Crippen molar-refractivity contribution in [1.29, 1.82) is 0 Å². The third-order valence-corrected chi connectivity index (χ3v) is 6.24. The molecule has 20 heavy (non-hydrogen) atoms.